The summed E-state index contributed by atoms with van der Waals surface area (Å²) in [4.78, 5) is 14.6. The molecule has 1 N–H and O–H groups in total. The third kappa shape index (κ3) is 3.01. The van der Waals surface area contributed by atoms with Gasteiger partial charge in [-0.05, 0) is 11.6 Å². The monoisotopic (exact) mass is 346 g/mol. The van der Waals surface area contributed by atoms with E-state index in [9.17, 15) is 4.79 Å². The molecular formula is C17H19ClN4O2. The van der Waals surface area contributed by atoms with Crippen LogP contribution in [0.5, 0.6) is 0 Å². The number of carbonyl (C=O) groups is 1. The molecule has 3 rings (SSSR count). The largest absolute Gasteiger partial charge is 0.469 e. The molecular weight excluding hydrogens is 328 g/mol. The minimum absolute atomic E-state index is 0.160. The lowest BCUT2D eigenvalue weighted by Gasteiger charge is -2.14. The van der Waals surface area contributed by atoms with Crippen molar-refractivity contribution in [2.75, 3.05) is 7.11 Å². The van der Waals surface area contributed by atoms with Gasteiger partial charge in [-0.2, -0.15) is 5.10 Å². The quantitative estimate of drug-likeness (QED) is 0.738. The first-order valence-corrected chi connectivity index (χ1v) is 7.98. The Labute approximate surface area is 144 Å². The molecule has 0 radical (unpaired) electrons. The molecule has 0 spiro atoms. The SMILES string of the molecule is COC(=O)Cc1cccc(-c2nn3nc(C(C)(C)C)c(Cl)c3[nH]2)c1. The number of aromatic amines is 1. The number of H-pyrrole nitrogens is 1. The predicted molar refractivity (Wildman–Crippen MR) is 92.2 cm³/mol. The van der Waals surface area contributed by atoms with Crippen LogP contribution in [0.2, 0.25) is 5.02 Å². The van der Waals surface area contributed by atoms with Crippen molar-refractivity contribution in [1.29, 1.82) is 0 Å². The first kappa shape index (κ1) is 16.5. The summed E-state index contributed by atoms with van der Waals surface area (Å²) in [7, 11) is 1.38. The lowest BCUT2D eigenvalue weighted by Crippen LogP contribution is -2.13. The summed E-state index contributed by atoms with van der Waals surface area (Å²) < 4.78 is 6.22. The summed E-state index contributed by atoms with van der Waals surface area (Å²) in [6.07, 6.45) is 0.219. The van der Waals surface area contributed by atoms with Crippen molar-refractivity contribution in [1.82, 2.24) is 19.8 Å². The Morgan fingerprint density at radius 2 is 2.08 bits per heavy atom. The molecule has 0 aliphatic rings. The van der Waals surface area contributed by atoms with Gasteiger partial charge in [0.2, 0.25) is 0 Å². The zero-order chi connectivity index (χ0) is 17.5. The number of carbonyl (C=O) groups excluding carboxylic acids is 1. The molecule has 3 aromatic rings. The van der Waals surface area contributed by atoms with Crippen LogP contribution in [0.4, 0.5) is 0 Å². The fraction of sp³-hybridized carbons (Fsp3) is 0.353. The molecule has 0 aliphatic carbocycles. The van der Waals surface area contributed by atoms with E-state index in [1.807, 2.05) is 24.3 Å². The molecule has 0 fully saturated rings. The number of esters is 1. The van der Waals surface area contributed by atoms with Crippen LogP contribution < -0.4 is 0 Å². The summed E-state index contributed by atoms with van der Waals surface area (Å²) in [5, 5.41) is 9.53. The molecule has 0 amide bonds. The molecule has 2 heterocycles. The van der Waals surface area contributed by atoms with Gasteiger partial charge in [0.1, 0.15) is 5.02 Å². The van der Waals surface area contributed by atoms with Crippen molar-refractivity contribution in [2.24, 2.45) is 0 Å². The second-order valence-corrected chi connectivity index (χ2v) is 7.06. The zero-order valence-corrected chi connectivity index (χ0v) is 14.8. The van der Waals surface area contributed by atoms with Crippen LogP contribution in [0, 0.1) is 0 Å². The first-order chi connectivity index (χ1) is 11.3. The third-order valence-corrected chi connectivity index (χ3v) is 4.09. The lowest BCUT2D eigenvalue weighted by molar-refractivity contribution is -0.139. The van der Waals surface area contributed by atoms with Crippen LogP contribution in [0.15, 0.2) is 24.3 Å². The van der Waals surface area contributed by atoms with Gasteiger partial charge in [-0.25, -0.2) is 0 Å². The molecule has 1 aromatic carbocycles. The molecule has 2 aromatic heterocycles. The minimum atomic E-state index is -0.278. The summed E-state index contributed by atoms with van der Waals surface area (Å²) in [5.41, 5.74) is 3.01. The van der Waals surface area contributed by atoms with Crippen LogP contribution in [0.1, 0.15) is 32.0 Å². The number of aromatic nitrogens is 4. The van der Waals surface area contributed by atoms with Crippen LogP contribution in [0.3, 0.4) is 0 Å². The van der Waals surface area contributed by atoms with Gasteiger partial charge in [0.15, 0.2) is 11.5 Å². The Bertz CT molecular complexity index is 905. The van der Waals surface area contributed by atoms with E-state index in [2.05, 4.69) is 36.0 Å². The van der Waals surface area contributed by atoms with Gasteiger partial charge < -0.3 is 9.72 Å². The Morgan fingerprint density at radius 3 is 2.71 bits per heavy atom. The molecule has 0 atom stereocenters. The molecule has 6 nitrogen and oxygen atoms in total. The van der Waals surface area contributed by atoms with Gasteiger partial charge >= 0.3 is 5.97 Å². The second-order valence-electron chi connectivity index (χ2n) is 6.68. The number of hydrogen-bond acceptors (Lipinski definition) is 4. The number of methoxy groups -OCH3 is 1. The molecule has 24 heavy (non-hydrogen) atoms. The number of hydrogen-bond donors (Lipinski definition) is 1. The fourth-order valence-electron chi connectivity index (χ4n) is 2.47. The van der Waals surface area contributed by atoms with Crippen molar-refractivity contribution in [3.63, 3.8) is 0 Å². The highest BCUT2D eigenvalue weighted by atomic mass is 35.5. The highest BCUT2D eigenvalue weighted by Gasteiger charge is 2.25. The Hall–Kier alpha value is -2.34. The molecule has 7 heteroatoms. The van der Waals surface area contributed by atoms with Gasteiger partial charge in [0.05, 0.1) is 19.2 Å². The average molecular weight is 347 g/mol. The van der Waals surface area contributed by atoms with E-state index in [-0.39, 0.29) is 17.8 Å². The Kier molecular flexibility index (Phi) is 4.09. The maximum absolute atomic E-state index is 11.4. The standard InChI is InChI=1S/C17H19ClN4O2/c1-17(2,3)14-13(18)16-19-15(21-22(16)20-14)11-7-5-6-10(8-11)9-12(23)24-4/h5-8H,9H2,1-4H3,(H,19,21). The average Bonchev–Trinajstić information content (AvgIpc) is 3.07. The highest BCUT2D eigenvalue weighted by molar-refractivity contribution is 6.34. The summed E-state index contributed by atoms with van der Waals surface area (Å²) in [6.45, 7) is 6.16. The molecule has 126 valence electrons. The molecule has 0 aliphatic heterocycles. The number of nitrogens with one attached hydrogen (secondary N) is 1. The van der Waals surface area contributed by atoms with Crippen LogP contribution in [-0.2, 0) is 21.4 Å². The topological polar surface area (TPSA) is 72.3 Å². The van der Waals surface area contributed by atoms with E-state index in [0.29, 0.717) is 16.5 Å². The van der Waals surface area contributed by atoms with Crippen LogP contribution in [0.25, 0.3) is 17.0 Å². The van der Waals surface area contributed by atoms with Gasteiger partial charge in [-0.1, -0.05) is 50.6 Å². The number of halogens is 1. The van der Waals surface area contributed by atoms with Crippen LogP contribution >= 0.6 is 11.6 Å². The van der Waals surface area contributed by atoms with E-state index in [0.717, 1.165) is 16.8 Å². The van der Waals surface area contributed by atoms with Crippen molar-refractivity contribution >= 4 is 23.2 Å². The molecule has 0 unspecified atom stereocenters. The van der Waals surface area contributed by atoms with Gasteiger partial charge in [0.25, 0.3) is 0 Å². The summed E-state index contributed by atoms with van der Waals surface area (Å²) in [6, 6.07) is 7.56. The normalized spacial score (nSPS) is 11.9. The zero-order valence-electron chi connectivity index (χ0n) is 14.1. The van der Waals surface area contributed by atoms with E-state index in [1.54, 1.807) is 0 Å². The van der Waals surface area contributed by atoms with Crippen molar-refractivity contribution in [2.45, 2.75) is 32.6 Å². The number of benzene rings is 1. The van der Waals surface area contributed by atoms with E-state index >= 15 is 0 Å². The van der Waals surface area contributed by atoms with E-state index in [1.165, 1.54) is 11.7 Å². The first-order valence-electron chi connectivity index (χ1n) is 7.60. The maximum Gasteiger partial charge on any atom is 0.309 e. The fourth-order valence-corrected chi connectivity index (χ4v) is 2.92. The minimum Gasteiger partial charge on any atom is -0.469 e. The predicted octanol–water partition coefficient (Wildman–Crippen LogP) is 3.39. The molecule has 0 saturated carbocycles. The number of nitrogens with zero attached hydrogens (tertiary/aromatic N) is 3. The lowest BCUT2D eigenvalue weighted by atomic mass is 9.92. The van der Waals surface area contributed by atoms with Crippen LogP contribution in [-0.4, -0.2) is 32.9 Å². The van der Waals surface area contributed by atoms with Gasteiger partial charge in [-0.15, -0.1) is 9.73 Å². The Balaban J connectivity index is 1.99. The van der Waals surface area contributed by atoms with Gasteiger partial charge in [0, 0.05) is 11.0 Å². The Morgan fingerprint density at radius 1 is 1.33 bits per heavy atom. The highest BCUT2D eigenvalue weighted by Crippen LogP contribution is 2.31. The number of ether oxygens (including phenoxy) is 1. The van der Waals surface area contributed by atoms with Crippen molar-refractivity contribution in [3.8, 4) is 11.4 Å². The molecule has 0 bridgehead atoms. The number of fused-ring (bicyclic) bond motifs is 1. The van der Waals surface area contributed by atoms with E-state index < -0.39 is 0 Å². The summed E-state index contributed by atoms with van der Waals surface area (Å²) >= 11 is 6.45. The molecule has 0 saturated heterocycles. The number of rotatable bonds is 3. The van der Waals surface area contributed by atoms with E-state index in [4.69, 9.17) is 16.3 Å². The maximum atomic E-state index is 11.4. The third-order valence-electron chi connectivity index (χ3n) is 3.73. The second kappa shape index (κ2) is 5.94. The van der Waals surface area contributed by atoms with Crippen molar-refractivity contribution < 1.29 is 9.53 Å². The van der Waals surface area contributed by atoms with Gasteiger partial charge in [-0.3, -0.25) is 4.79 Å². The smallest absolute Gasteiger partial charge is 0.309 e. The summed E-state index contributed by atoms with van der Waals surface area (Å²) in [5.74, 6) is 0.367. The van der Waals surface area contributed by atoms with Crippen molar-refractivity contribution in [3.05, 3.63) is 40.5 Å².